The monoisotopic (exact) mass is 210 g/mol. The average Bonchev–Trinajstić information content (AvgIpc) is 2.71. The fraction of sp³-hybridized carbons (Fsp3) is 1.00. The zero-order chi connectivity index (χ0) is 11.1. The highest BCUT2D eigenvalue weighted by atomic mass is 15.4. The van der Waals surface area contributed by atoms with Gasteiger partial charge >= 0.3 is 0 Å². The molecule has 1 nitrogen and oxygen atoms in total. The molecule has 0 spiro atoms. The standard InChI is InChI=1S/C14H28N/c1-5-12-13-10-8-6-7-9-11-14(12,13)15(2,3)4/h12-13H,5-11H2,1-4H3/q+1. The number of quaternary nitrogens is 1. The van der Waals surface area contributed by atoms with Gasteiger partial charge in [0.15, 0.2) is 0 Å². The minimum absolute atomic E-state index is 0.662. The molecule has 0 amide bonds. The molecular weight excluding hydrogens is 182 g/mol. The van der Waals surface area contributed by atoms with Crippen LogP contribution >= 0.6 is 0 Å². The lowest BCUT2D eigenvalue weighted by atomic mass is 9.94. The summed E-state index contributed by atoms with van der Waals surface area (Å²) in [4.78, 5) is 0. The molecule has 2 rings (SSSR count). The normalized spacial score (nSPS) is 41.6. The number of nitrogens with zero attached hydrogens (tertiary/aromatic N) is 1. The van der Waals surface area contributed by atoms with Crippen molar-refractivity contribution >= 4 is 0 Å². The second-order valence-electron chi connectivity index (χ2n) is 6.58. The molecule has 0 aromatic rings. The first-order valence-electron chi connectivity index (χ1n) is 6.85. The maximum absolute atomic E-state index is 2.42. The molecule has 2 saturated carbocycles. The molecule has 0 radical (unpaired) electrons. The van der Waals surface area contributed by atoms with Gasteiger partial charge in [0.1, 0.15) is 5.54 Å². The summed E-state index contributed by atoms with van der Waals surface area (Å²) in [5.41, 5.74) is 0.662. The molecule has 0 aromatic carbocycles. The van der Waals surface area contributed by atoms with E-state index in [1.165, 1.54) is 49.4 Å². The van der Waals surface area contributed by atoms with Gasteiger partial charge in [0.2, 0.25) is 0 Å². The Morgan fingerprint density at radius 3 is 2.33 bits per heavy atom. The Morgan fingerprint density at radius 2 is 1.73 bits per heavy atom. The van der Waals surface area contributed by atoms with E-state index in [1.54, 1.807) is 0 Å². The highest BCUT2D eigenvalue weighted by Crippen LogP contribution is 2.63. The lowest BCUT2D eigenvalue weighted by Crippen LogP contribution is -2.50. The third kappa shape index (κ3) is 1.63. The maximum atomic E-state index is 2.42. The zero-order valence-corrected chi connectivity index (χ0v) is 11.1. The third-order valence-corrected chi connectivity index (χ3v) is 5.19. The first-order valence-corrected chi connectivity index (χ1v) is 6.85. The summed E-state index contributed by atoms with van der Waals surface area (Å²) >= 11 is 0. The lowest BCUT2D eigenvalue weighted by Gasteiger charge is -2.38. The molecule has 2 aliphatic rings. The molecule has 1 heteroatoms. The summed E-state index contributed by atoms with van der Waals surface area (Å²) in [6.07, 6.45) is 10.3. The van der Waals surface area contributed by atoms with Crippen molar-refractivity contribution in [1.29, 1.82) is 0 Å². The molecule has 0 N–H and O–H groups in total. The molecule has 2 fully saturated rings. The van der Waals surface area contributed by atoms with Crippen molar-refractivity contribution in [2.45, 2.75) is 57.4 Å². The zero-order valence-electron chi connectivity index (χ0n) is 11.1. The number of fused-ring (bicyclic) bond motifs is 1. The Labute approximate surface area is 95.4 Å². The smallest absolute Gasteiger partial charge is 0.105 e. The Hall–Kier alpha value is -0.0400. The first kappa shape index (κ1) is 11.4. The van der Waals surface area contributed by atoms with Crippen molar-refractivity contribution < 1.29 is 4.48 Å². The molecule has 0 heterocycles. The Bertz CT molecular complexity index is 228. The van der Waals surface area contributed by atoms with Crippen LogP contribution in [0.3, 0.4) is 0 Å². The average molecular weight is 210 g/mol. The summed E-state index contributed by atoms with van der Waals surface area (Å²) in [5.74, 6) is 2.07. The van der Waals surface area contributed by atoms with Gasteiger partial charge in [0, 0.05) is 18.3 Å². The van der Waals surface area contributed by atoms with Crippen LogP contribution in [0.2, 0.25) is 0 Å². The van der Waals surface area contributed by atoms with E-state index in [2.05, 4.69) is 28.1 Å². The van der Waals surface area contributed by atoms with Gasteiger partial charge in [-0.3, -0.25) is 0 Å². The van der Waals surface area contributed by atoms with Crippen LogP contribution in [0, 0.1) is 11.8 Å². The highest BCUT2D eigenvalue weighted by Gasteiger charge is 2.70. The van der Waals surface area contributed by atoms with Gasteiger partial charge in [-0.2, -0.15) is 0 Å². The van der Waals surface area contributed by atoms with Crippen LogP contribution in [-0.2, 0) is 0 Å². The Kier molecular flexibility index (Phi) is 2.87. The molecule has 88 valence electrons. The van der Waals surface area contributed by atoms with E-state index in [9.17, 15) is 0 Å². The molecule has 0 aliphatic heterocycles. The fourth-order valence-corrected chi connectivity index (χ4v) is 4.50. The minimum Gasteiger partial charge on any atom is -0.326 e. The summed E-state index contributed by atoms with van der Waals surface area (Å²) in [6.45, 7) is 2.40. The van der Waals surface area contributed by atoms with Crippen molar-refractivity contribution in [3.05, 3.63) is 0 Å². The van der Waals surface area contributed by atoms with Crippen LogP contribution in [0.4, 0.5) is 0 Å². The van der Waals surface area contributed by atoms with Crippen LogP contribution < -0.4 is 0 Å². The molecular formula is C14H28N+. The largest absolute Gasteiger partial charge is 0.326 e. The number of hydrogen-bond acceptors (Lipinski definition) is 0. The topological polar surface area (TPSA) is 0 Å². The summed E-state index contributed by atoms with van der Waals surface area (Å²) in [5, 5.41) is 0. The van der Waals surface area contributed by atoms with Crippen LogP contribution in [0.25, 0.3) is 0 Å². The van der Waals surface area contributed by atoms with E-state index in [-0.39, 0.29) is 0 Å². The fourth-order valence-electron chi connectivity index (χ4n) is 4.50. The molecule has 0 saturated heterocycles. The lowest BCUT2D eigenvalue weighted by molar-refractivity contribution is -0.912. The van der Waals surface area contributed by atoms with E-state index in [4.69, 9.17) is 0 Å². The molecule has 3 atom stereocenters. The van der Waals surface area contributed by atoms with E-state index in [0.29, 0.717) is 5.54 Å². The molecule has 0 aromatic heterocycles. The van der Waals surface area contributed by atoms with Gasteiger partial charge in [-0.15, -0.1) is 0 Å². The number of rotatable bonds is 2. The predicted octanol–water partition coefficient (Wildman–Crippen LogP) is 3.44. The first-order chi connectivity index (χ1) is 7.04. The van der Waals surface area contributed by atoms with E-state index >= 15 is 0 Å². The van der Waals surface area contributed by atoms with Gasteiger partial charge in [-0.05, 0) is 19.3 Å². The Balaban J connectivity index is 2.18. The van der Waals surface area contributed by atoms with Crippen molar-refractivity contribution in [3.63, 3.8) is 0 Å². The molecule has 0 bridgehead atoms. The Morgan fingerprint density at radius 1 is 1.07 bits per heavy atom. The molecule has 15 heavy (non-hydrogen) atoms. The number of hydrogen-bond donors (Lipinski definition) is 0. The van der Waals surface area contributed by atoms with Gasteiger partial charge in [-0.1, -0.05) is 26.2 Å². The van der Waals surface area contributed by atoms with Gasteiger partial charge in [-0.25, -0.2) is 0 Å². The minimum atomic E-state index is 0.662. The third-order valence-electron chi connectivity index (χ3n) is 5.19. The van der Waals surface area contributed by atoms with E-state index in [1.807, 2.05) is 0 Å². The summed E-state index contributed by atoms with van der Waals surface area (Å²) < 4.78 is 1.20. The van der Waals surface area contributed by atoms with Gasteiger partial charge in [0.25, 0.3) is 0 Å². The van der Waals surface area contributed by atoms with Gasteiger partial charge in [0.05, 0.1) is 21.1 Å². The van der Waals surface area contributed by atoms with Crippen LogP contribution in [0.1, 0.15) is 51.9 Å². The quantitative estimate of drug-likeness (QED) is 0.612. The van der Waals surface area contributed by atoms with Crippen LogP contribution in [0.15, 0.2) is 0 Å². The second kappa shape index (κ2) is 3.76. The predicted molar refractivity (Wildman–Crippen MR) is 65.7 cm³/mol. The SMILES string of the molecule is CCC1C2CCCCCCC12[N+](C)(C)C. The van der Waals surface area contributed by atoms with Gasteiger partial charge < -0.3 is 4.48 Å². The van der Waals surface area contributed by atoms with Crippen molar-refractivity contribution in [3.8, 4) is 0 Å². The van der Waals surface area contributed by atoms with E-state index < -0.39 is 0 Å². The molecule has 2 aliphatic carbocycles. The van der Waals surface area contributed by atoms with Crippen LogP contribution in [-0.4, -0.2) is 31.2 Å². The summed E-state index contributed by atoms with van der Waals surface area (Å²) in [7, 11) is 7.26. The second-order valence-corrected chi connectivity index (χ2v) is 6.58. The molecule has 3 unspecified atom stereocenters. The van der Waals surface area contributed by atoms with Crippen molar-refractivity contribution in [2.24, 2.45) is 11.8 Å². The van der Waals surface area contributed by atoms with Crippen molar-refractivity contribution in [2.75, 3.05) is 21.1 Å². The van der Waals surface area contributed by atoms with Crippen LogP contribution in [0.5, 0.6) is 0 Å². The maximum Gasteiger partial charge on any atom is 0.105 e. The van der Waals surface area contributed by atoms with E-state index in [0.717, 1.165) is 11.8 Å². The highest BCUT2D eigenvalue weighted by molar-refractivity contribution is 5.12. The summed E-state index contributed by atoms with van der Waals surface area (Å²) in [6, 6.07) is 0. The van der Waals surface area contributed by atoms with Crippen molar-refractivity contribution in [1.82, 2.24) is 0 Å².